The van der Waals surface area contributed by atoms with Gasteiger partial charge in [-0.25, -0.2) is 23.4 Å². The molecule has 5 aliphatic rings. The van der Waals surface area contributed by atoms with E-state index in [4.69, 9.17) is 5.10 Å². The molecule has 17 nitrogen and oxygen atoms in total. The third kappa shape index (κ3) is 19.3. The second-order valence-electron chi connectivity index (χ2n) is 46.4. The van der Waals surface area contributed by atoms with E-state index in [1.54, 1.807) is 4.68 Å². The van der Waals surface area contributed by atoms with Gasteiger partial charge < -0.3 is 9.80 Å². The first kappa shape index (κ1) is 94.0. The van der Waals surface area contributed by atoms with Gasteiger partial charge >= 0.3 is 0 Å². The topological polar surface area (TPSA) is 160 Å². The Hall–Kier alpha value is -11.1. The monoisotopic (exact) mass is 1740 g/mol. The van der Waals surface area contributed by atoms with E-state index in [9.17, 15) is 8.78 Å². The molecule has 18 rings (SSSR count). The number of hydrogen-bond acceptors (Lipinski definition) is 12. The smallest absolute Gasteiger partial charge is 0.293 e. The molecule has 2 aliphatic heterocycles. The Balaban J connectivity index is 0.000000131. The van der Waals surface area contributed by atoms with E-state index < -0.39 is 5.92 Å². The molecule has 3 atom stereocenters. The lowest BCUT2D eigenvalue weighted by atomic mass is 9.70. The van der Waals surface area contributed by atoms with Crippen LogP contribution in [0.4, 0.5) is 20.2 Å². The first-order valence-corrected chi connectivity index (χ1v) is 46.6. The van der Waals surface area contributed by atoms with Crippen LogP contribution in [0.3, 0.4) is 0 Å². The fourth-order valence-electron chi connectivity index (χ4n) is 19.2. The highest BCUT2D eigenvalue weighted by molar-refractivity contribution is 5.91. The molecule has 7 heterocycles. The van der Waals surface area contributed by atoms with Crippen molar-refractivity contribution >= 4 is 11.4 Å². The van der Waals surface area contributed by atoms with Crippen molar-refractivity contribution in [3.8, 4) is 90.1 Å². The average molecular weight is 1740 g/mol. The molecule has 8 aromatic carbocycles. The van der Waals surface area contributed by atoms with Crippen LogP contribution in [0.2, 0.25) is 0 Å². The number of para-hydroxylation sites is 2. The van der Waals surface area contributed by atoms with Crippen LogP contribution >= 0.6 is 0 Å². The van der Waals surface area contributed by atoms with Crippen molar-refractivity contribution in [3.63, 3.8) is 0 Å². The van der Waals surface area contributed by atoms with Crippen molar-refractivity contribution in [2.45, 2.75) is 316 Å². The van der Waals surface area contributed by atoms with E-state index in [1.165, 1.54) is 83.7 Å². The minimum atomic E-state index is -2.87. The van der Waals surface area contributed by atoms with E-state index in [2.05, 4.69) is 456 Å². The van der Waals surface area contributed by atoms with Gasteiger partial charge in [-0.15, -0.1) is 25.5 Å². The van der Waals surface area contributed by atoms with Crippen LogP contribution < -0.4 is 9.80 Å². The molecule has 129 heavy (non-hydrogen) atoms. The van der Waals surface area contributed by atoms with Crippen LogP contribution in [0.25, 0.3) is 90.1 Å². The molecular weight excluding hydrogens is 1600 g/mol. The summed E-state index contributed by atoms with van der Waals surface area (Å²) in [6.45, 7) is 67.9. The predicted molar refractivity (Wildman–Crippen MR) is 527 cm³/mol. The number of benzene rings is 8. The van der Waals surface area contributed by atoms with Gasteiger partial charge in [-0.3, -0.25) is 0 Å². The molecule has 0 saturated carbocycles. The van der Waals surface area contributed by atoms with Gasteiger partial charge in [0, 0.05) is 86.5 Å². The van der Waals surface area contributed by atoms with Crippen LogP contribution in [-0.2, 0) is 66.0 Å². The largest absolute Gasteiger partial charge is 0.362 e. The number of anilines is 2. The molecule has 0 radical (unpaired) electrons. The minimum Gasteiger partial charge on any atom is -0.362 e. The second kappa shape index (κ2) is 34.7. The average Bonchev–Trinajstić information content (AvgIpc) is 1.48. The van der Waals surface area contributed by atoms with Crippen molar-refractivity contribution in [1.82, 2.24) is 75.0 Å². The van der Waals surface area contributed by atoms with Crippen molar-refractivity contribution in [2.24, 2.45) is 22.2 Å². The molecule has 0 amide bonds. The van der Waals surface area contributed by atoms with Crippen LogP contribution in [0.1, 0.15) is 284 Å². The summed E-state index contributed by atoms with van der Waals surface area (Å²) in [4.78, 5) is 4.96. The standard InChI is InChI=1S/2C24H29N3.2C23H28N4.C16H27F2N3/c1-23(2,3)20-15-16-11-7-8-12-17(16)22-21(19-14-10-9-13-18(19)20)25-26-27(22)24(4,5)6;1-23(2,3)20-15-16-11-7-8-12-17(16)21-22(19-14-10-9-13-18(19)20)27(26-25-21)24(4,5)6;1-22(2,3)26-15-16-11-7-8-12-17(16)21-20(18-13-9-10-14-19(18)26)24-25-27(21)23(4,5)6;1-22(2,3)26-15-16-11-7-8-12-17(16)20-21(18-13-9-10-14-19(18)26)27(25-24-20)23(4,5)6;1-14(2,3)11-7-8-12-13(16(17,18)10-9-11)19-20-21(12)15(4,5)6/h2*7-14,20H,15H2,1-6H3;2*7-14H,15H2,1-6H3;11H,7-10H2,1-6H3. The number of halogens is 2. The molecule has 0 fully saturated rings. The van der Waals surface area contributed by atoms with Crippen molar-refractivity contribution in [3.05, 3.63) is 239 Å². The summed E-state index contributed by atoms with van der Waals surface area (Å²) < 4.78 is 39.0. The van der Waals surface area contributed by atoms with Crippen LogP contribution in [0.15, 0.2) is 194 Å². The molecule has 19 heteroatoms. The molecular formula is C110H141F2N17. The van der Waals surface area contributed by atoms with Gasteiger partial charge in [0.2, 0.25) is 0 Å². The molecule has 3 unspecified atom stereocenters. The van der Waals surface area contributed by atoms with Crippen LogP contribution in [-0.4, -0.2) is 86.0 Å². The second-order valence-corrected chi connectivity index (χ2v) is 46.4. The number of hydrogen-bond donors (Lipinski definition) is 0. The molecule has 0 spiro atoms. The molecule has 3 aliphatic carbocycles. The van der Waals surface area contributed by atoms with Gasteiger partial charge in [0.15, 0.2) is 5.69 Å². The first-order chi connectivity index (χ1) is 60.1. The number of rotatable bonds is 0. The summed E-state index contributed by atoms with van der Waals surface area (Å²) in [6.07, 6.45) is 3.97. The predicted octanol–water partition coefficient (Wildman–Crippen LogP) is 27.6. The molecule has 0 saturated heterocycles. The van der Waals surface area contributed by atoms with Gasteiger partial charge in [0.1, 0.15) is 22.8 Å². The molecule has 0 N–H and O–H groups in total. The van der Waals surface area contributed by atoms with E-state index in [0.29, 0.717) is 36.3 Å². The highest BCUT2D eigenvalue weighted by atomic mass is 19.3. The minimum absolute atomic E-state index is 0.0132. The fraction of sp³-hybridized carbons (Fsp3) is 0.473. The SMILES string of the molecule is CC(C)(C)C1CCc2c(nnn2C(C)(C)C)C(F)(F)CC1.CC(C)(C)C1Cc2ccccc2-c2c(nnn2C(C)(C)C)-c2ccccc21.CC(C)(C)C1Cc2ccccc2-c2nnn(C(C)(C)C)c2-c2ccccc21.CC(C)(C)N1Cc2ccccc2-c2c(nnn2C(C)(C)C)-c2ccccc21.CC(C)(C)N1Cc2ccccc2-c2nnn(C(C)(C)C)c2-c2ccccc21. The number of alkyl halides is 2. The third-order valence-electron chi connectivity index (χ3n) is 26.1. The summed E-state index contributed by atoms with van der Waals surface area (Å²) in [5.74, 6) is -1.74. The maximum absolute atomic E-state index is 14.5. The lowest BCUT2D eigenvalue weighted by Gasteiger charge is -2.40. The van der Waals surface area contributed by atoms with Crippen LogP contribution in [0, 0.1) is 22.2 Å². The maximum Gasteiger partial charge on any atom is 0.293 e. The zero-order chi connectivity index (χ0) is 93.6. The van der Waals surface area contributed by atoms with Crippen molar-refractivity contribution in [1.29, 1.82) is 0 Å². The maximum atomic E-state index is 14.5. The summed E-state index contributed by atoms with van der Waals surface area (Å²) >= 11 is 0. The Labute approximate surface area is 767 Å². The highest BCUT2D eigenvalue weighted by Crippen LogP contribution is 2.53. The van der Waals surface area contributed by atoms with Gasteiger partial charge in [0.25, 0.3) is 5.92 Å². The number of fused-ring (bicyclic) bond motifs is 21. The summed E-state index contributed by atoms with van der Waals surface area (Å²) in [5.41, 5.74) is 28.6. The van der Waals surface area contributed by atoms with Gasteiger partial charge in [0.05, 0.1) is 56.2 Å². The van der Waals surface area contributed by atoms with E-state index >= 15 is 0 Å². The summed E-state index contributed by atoms with van der Waals surface area (Å²) in [6, 6.07) is 69.5. The normalized spacial score (nSPS) is 16.7. The van der Waals surface area contributed by atoms with E-state index in [1.807, 2.05) is 20.8 Å². The lowest BCUT2D eigenvalue weighted by Crippen LogP contribution is -2.41. The zero-order valence-corrected chi connectivity index (χ0v) is 82.7. The Morgan fingerprint density at radius 3 is 0.992 bits per heavy atom. The Morgan fingerprint density at radius 1 is 0.279 bits per heavy atom. The van der Waals surface area contributed by atoms with Crippen molar-refractivity contribution in [2.75, 3.05) is 9.80 Å². The van der Waals surface area contributed by atoms with E-state index in [0.717, 1.165) is 83.5 Å². The molecule has 13 aromatic rings. The number of aromatic nitrogens is 15. The highest BCUT2D eigenvalue weighted by Gasteiger charge is 2.45. The first-order valence-electron chi connectivity index (χ1n) is 46.6. The fourth-order valence-corrected chi connectivity index (χ4v) is 19.2. The summed E-state index contributed by atoms with van der Waals surface area (Å²) in [5, 5.41) is 44.9. The van der Waals surface area contributed by atoms with Gasteiger partial charge in [-0.05, 0) is 257 Å². The van der Waals surface area contributed by atoms with Crippen molar-refractivity contribution < 1.29 is 8.78 Å². The van der Waals surface area contributed by atoms with Gasteiger partial charge in [-0.2, -0.15) is 8.78 Å². The molecule has 5 aromatic heterocycles. The zero-order valence-electron chi connectivity index (χ0n) is 82.7. The molecule has 680 valence electrons. The quantitative estimate of drug-likeness (QED) is 0.142. The lowest BCUT2D eigenvalue weighted by molar-refractivity contribution is -0.0323. The Kier molecular flexibility index (Phi) is 25.3. The third-order valence-corrected chi connectivity index (χ3v) is 26.1. The summed E-state index contributed by atoms with van der Waals surface area (Å²) in [7, 11) is 0. The van der Waals surface area contributed by atoms with Gasteiger partial charge in [-0.1, -0.05) is 270 Å². The van der Waals surface area contributed by atoms with E-state index in [-0.39, 0.29) is 67.1 Å². The number of nitrogens with zero attached hydrogens (tertiary/aromatic N) is 17. The van der Waals surface area contributed by atoms with Crippen LogP contribution in [0.5, 0.6) is 0 Å². The Morgan fingerprint density at radius 2 is 0.574 bits per heavy atom. The Bertz CT molecular complexity index is 5840. The molecule has 0 bridgehead atoms.